The summed E-state index contributed by atoms with van der Waals surface area (Å²) in [4.78, 5) is 0. The maximum Gasteiger partial charge on any atom is 0.270 e. The number of aromatic nitrogens is 2. The van der Waals surface area contributed by atoms with E-state index in [1.165, 1.54) is 13.2 Å². The van der Waals surface area contributed by atoms with Crippen LogP contribution >= 0.6 is 0 Å². The number of aromatic amines is 1. The summed E-state index contributed by atoms with van der Waals surface area (Å²) in [5.41, 5.74) is 5.44. The lowest BCUT2D eigenvalue weighted by molar-refractivity contribution is 0.0171. The Kier molecular flexibility index (Phi) is 3.13. The van der Waals surface area contributed by atoms with Gasteiger partial charge in [-0.1, -0.05) is 0 Å². The van der Waals surface area contributed by atoms with Gasteiger partial charge in [-0.25, -0.2) is 13.2 Å². The molecule has 0 aliphatic heterocycles. The molecular formula is C12H12F3N3O. The van der Waals surface area contributed by atoms with Gasteiger partial charge in [0.2, 0.25) is 0 Å². The second-order valence-electron chi connectivity index (χ2n) is 4.13. The Morgan fingerprint density at radius 2 is 2.00 bits per heavy atom. The van der Waals surface area contributed by atoms with E-state index >= 15 is 0 Å². The molecular weight excluding hydrogens is 259 g/mol. The fourth-order valence-corrected chi connectivity index (χ4v) is 1.73. The van der Waals surface area contributed by atoms with Crippen LogP contribution in [-0.2, 0) is 5.92 Å². The van der Waals surface area contributed by atoms with Crippen molar-refractivity contribution in [2.45, 2.75) is 12.8 Å². The maximum atomic E-state index is 13.8. The minimum absolute atomic E-state index is 0.142. The van der Waals surface area contributed by atoms with Crippen molar-refractivity contribution in [3.63, 3.8) is 0 Å². The van der Waals surface area contributed by atoms with Crippen molar-refractivity contribution in [2.75, 3.05) is 12.8 Å². The topological polar surface area (TPSA) is 63.9 Å². The fourth-order valence-electron chi connectivity index (χ4n) is 1.73. The first kappa shape index (κ1) is 13.3. The van der Waals surface area contributed by atoms with Gasteiger partial charge in [-0.15, -0.1) is 0 Å². The molecule has 0 aliphatic rings. The molecule has 0 saturated carbocycles. The summed E-state index contributed by atoms with van der Waals surface area (Å²) in [6.45, 7) is 0.694. The van der Waals surface area contributed by atoms with Gasteiger partial charge < -0.3 is 10.5 Å². The van der Waals surface area contributed by atoms with Crippen LogP contribution in [0.2, 0.25) is 0 Å². The van der Waals surface area contributed by atoms with Gasteiger partial charge in [0.25, 0.3) is 5.92 Å². The lowest BCUT2D eigenvalue weighted by atomic mass is 10.0. The summed E-state index contributed by atoms with van der Waals surface area (Å²) < 4.78 is 45.3. The van der Waals surface area contributed by atoms with Crippen LogP contribution < -0.4 is 10.5 Å². The molecule has 0 amide bonds. The van der Waals surface area contributed by atoms with Crippen molar-refractivity contribution in [3.05, 3.63) is 29.6 Å². The van der Waals surface area contributed by atoms with E-state index in [4.69, 9.17) is 10.5 Å². The van der Waals surface area contributed by atoms with Gasteiger partial charge in [-0.3, -0.25) is 5.10 Å². The van der Waals surface area contributed by atoms with Crippen LogP contribution in [0.25, 0.3) is 11.3 Å². The van der Waals surface area contributed by atoms with Gasteiger partial charge in [0.15, 0.2) is 11.6 Å². The monoisotopic (exact) mass is 271 g/mol. The molecule has 0 aliphatic carbocycles. The number of halogens is 3. The highest BCUT2D eigenvalue weighted by atomic mass is 19.3. The summed E-state index contributed by atoms with van der Waals surface area (Å²) in [6, 6.07) is 3.31. The van der Waals surface area contributed by atoms with E-state index in [9.17, 15) is 13.2 Å². The number of ether oxygens (including phenoxy) is 1. The summed E-state index contributed by atoms with van der Waals surface area (Å²) in [5, 5.41) is 6.21. The zero-order valence-electron chi connectivity index (χ0n) is 10.3. The summed E-state index contributed by atoms with van der Waals surface area (Å²) >= 11 is 0. The average Bonchev–Trinajstić information content (AvgIpc) is 2.73. The number of nitrogens with two attached hydrogens (primary N) is 1. The van der Waals surface area contributed by atoms with Crippen LogP contribution in [0.5, 0.6) is 5.75 Å². The van der Waals surface area contributed by atoms with Crippen LogP contribution in [0, 0.1) is 5.82 Å². The number of H-pyrrole nitrogens is 1. The zero-order valence-corrected chi connectivity index (χ0v) is 10.3. The summed E-state index contributed by atoms with van der Waals surface area (Å²) in [5.74, 6) is -4.00. The Balaban J connectivity index is 2.66. The lowest BCUT2D eigenvalue weighted by Crippen LogP contribution is -2.08. The molecule has 1 heterocycles. The molecule has 3 N–H and O–H groups in total. The molecule has 4 nitrogen and oxygen atoms in total. The highest BCUT2D eigenvalue weighted by Gasteiger charge is 2.28. The van der Waals surface area contributed by atoms with Crippen molar-refractivity contribution in [3.8, 4) is 17.0 Å². The van der Waals surface area contributed by atoms with Crippen molar-refractivity contribution in [2.24, 2.45) is 0 Å². The van der Waals surface area contributed by atoms with Crippen LogP contribution in [0.3, 0.4) is 0 Å². The third-order valence-electron chi connectivity index (χ3n) is 2.64. The van der Waals surface area contributed by atoms with Crippen molar-refractivity contribution >= 4 is 5.82 Å². The molecule has 0 radical (unpaired) electrons. The Hall–Kier alpha value is -2.18. The minimum atomic E-state index is -3.16. The number of rotatable bonds is 3. The average molecular weight is 271 g/mol. The van der Waals surface area contributed by atoms with E-state index in [2.05, 4.69) is 10.2 Å². The molecule has 7 heteroatoms. The van der Waals surface area contributed by atoms with E-state index in [1.54, 1.807) is 0 Å². The quantitative estimate of drug-likeness (QED) is 0.902. The molecule has 0 saturated heterocycles. The van der Waals surface area contributed by atoms with Crippen LogP contribution in [0.4, 0.5) is 19.0 Å². The summed E-state index contributed by atoms with van der Waals surface area (Å²) in [6.07, 6.45) is 0. The van der Waals surface area contributed by atoms with Crippen LogP contribution in [0.1, 0.15) is 12.5 Å². The number of hydrogen-bond donors (Lipinski definition) is 2. The number of hydrogen-bond acceptors (Lipinski definition) is 3. The smallest absolute Gasteiger partial charge is 0.270 e. The second-order valence-corrected chi connectivity index (χ2v) is 4.13. The van der Waals surface area contributed by atoms with E-state index in [-0.39, 0.29) is 17.1 Å². The SMILES string of the molecule is COc1c(F)cc(C(C)(F)F)cc1-c1cc(N)n[nH]1. The molecule has 102 valence electrons. The normalized spacial score (nSPS) is 11.6. The van der Waals surface area contributed by atoms with Gasteiger partial charge in [0.05, 0.1) is 12.8 Å². The van der Waals surface area contributed by atoms with Crippen molar-refractivity contribution < 1.29 is 17.9 Å². The number of nitrogen functional groups attached to an aromatic ring is 1. The van der Waals surface area contributed by atoms with Gasteiger partial charge in [0, 0.05) is 24.1 Å². The number of nitrogens with one attached hydrogen (secondary N) is 1. The van der Waals surface area contributed by atoms with Gasteiger partial charge in [0.1, 0.15) is 5.82 Å². The van der Waals surface area contributed by atoms with Gasteiger partial charge >= 0.3 is 0 Å². The third kappa shape index (κ3) is 2.49. The molecule has 2 rings (SSSR count). The number of alkyl halides is 2. The zero-order chi connectivity index (χ0) is 14.2. The Morgan fingerprint density at radius 1 is 1.32 bits per heavy atom. The Morgan fingerprint density at radius 3 is 2.47 bits per heavy atom. The number of methoxy groups -OCH3 is 1. The van der Waals surface area contributed by atoms with E-state index in [1.807, 2.05) is 0 Å². The predicted molar refractivity (Wildman–Crippen MR) is 64.5 cm³/mol. The summed E-state index contributed by atoms with van der Waals surface area (Å²) in [7, 11) is 1.26. The van der Waals surface area contributed by atoms with Crippen molar-refractivity contribution in [1.29, 1.82) is 0 Å². The highest BCUT2D eigenvalue weighted by molar-refractivity contribution is 5.70. The molecule has 19 heavy (non-hydrogen) atoms. The van der Waals surface area contributed by atoms with Gasteiger partial charge in [-0.05, 0) is 12.1 Å². The fraction of sp³-hybridized carbons (Fsp3) is 0.250. The third-order valence-corrected chi connectivity index (χ3v) is 2.64. The second kappa shape index (κ2) is 4.49. The number of nitrogens with zero attached hydrogens (tertiary/aromatic N) is 1. The lowest BCUT2D eigenvalue weighted by Gasteiger charge is -2.15. The highest BCUT2D eigenvalue weighted by Crippen LogP contribution is 2.37. The molecule has 0 bridgehead atoms. The van der Waals surface area contributed by atoms with Crippen LogP contribution in [-0.4, -0.2) is 17.3 Å². The molecule has 0 unspecified atom stereocenters. The van der Waals surface area contributed by atoms with E-state index < -0.39 is 17.3 Å². The number of benzene rings is 1. The first-order chi connectivity index (χ1) is 8.82. The first-order valence-electron chi connectivity index (χ1n) is 5.40. The van der Waals surface area contributed by atoms with E-state index in [0.29, 0.717) is 12.6 Å². The Labute approximate surface area is 107 Å². The van der Waals surface area contributed by atoms with Gasteiger partial charge in [-0.2, -0.15) is 5.10 Å². The Bertz CT molecular complexity index is 605. The molecule has 1 aromatic carbocycles. The van der Waals surface area contributed by atoms with Crippen LogP contribution in [0.15, 0.2) is 18.2 Å². The van der Waals surface area contributed by atoms with E-state index in [0.717, 1.165) is 12.1 Å². The maximum absolute atomic E-state index is 13.8. The number of anilines is 1. The van der Waals surface area contributed by atoms with Crippen molar-refractivity contribution in [1.82, 2.24) is 10.2 Å². The molecule has 1 aromatic heterocycles. The molecule has 0 spiro atoms. The standard InChI is InChI=1S/C12H12F3N3O/c1-12(14,15)6-3-7(9-5-10(16)18-17-9)11(19-2)8(13)4-6/h3-5H,1-2H3,(H3,16,17,18). The first-order valence-corrected chi connectivity index (χ1v) is 5.40. The molecule has 0 fully saturated rings. The molecule has 2 aromatic rings. The minimum Gasteiger partial charge on any atom is -0.493 e. The largest absolute Gasteiger partial charge is 0.493 e. The predicted octanol–water partition coefficient (Wildman–Crippen LogP) is 2.92. The molecule has 0 atom stereocenters.